The lowest BCUT2D eigenvalue weighted by atomic mass is 9.89. The van der Waals surface area contributed by atoms with Crippen LogP contribution in [-0.4, -0.2) is 16.5 Å². The van der Waals surface area contributed by atoms with Crippen LogP contribution in [0, 0.1) is 12.8 Å². The van der Waals surface area contributed by atoms with Gasteiger partial charge in [-0.25, -0.2) is 0 Å². The van der Waals surface area contributed by atoms with Gasteiger partial charge in [0.2, 0.25) is 0 Å². The third-order valence-electron chi connectivity index (χ3n) is 3.19. The molecular weight excluding hydrogens is 200 g/mol. The monoisotopic (exact) mass is 218 g/mol. The molecule has 1 N–H and O–H groups in total. The van der Waals surface area contributed by atoms with Crippen molar-refractivity contribution >= 4 is 5.78 Å². The molecule has 1 saturated carbocycles. The Morgan fingerprint density at radius 3 is 2.44 bits per heavy atom. The second-order valence-corrected chi connectivity index (χ2v) is 5.12. The third kappa shape index (κ3) is 2.50. The highest BCUT2D eigenvalue weighted by Gasteiger charge is 2.37. The second-order valence-electron chi connectivity index (χ2n) is 5.12. The summed E-state index contributed by atoms with van der Waals surface area (Å²) in [5.74, 6) is 0.392. The van der Waals surface area contributed by atoms with Crippen LogP contribution in [-0.2, 0) is 0 Å². The van der Waals surface area contributed by atoms with E-state index in [-0.39, 0.29) is 5.78 Å². The molecule has 0 amide bonds. The Bertz CT molecular complexity index is 386. The van der Waals surface area contributed by atoms with E-state index in [2.05, 4.69) is 0 Å². The maximum Gasteiger partial charge on any atom is 0.194 e. The van der Waals surface area contributed by atoms with Crippen molar-refractivity contribution in [3.63, 3.8) is 0 Å². The Kier molecular flexibility index (Phi) is 2.85. The molecule has 2 nitrogen and oxygen atoms in total. The zero-order valence-corrected chi connectivity index (χ0v) is 9.86. The van der Waals surface area contributed by atoms with E-state index in [1.54, 1.807) is 19.1 Å². The Morgan fingerprint density at radius 1 is 1.38 bits per heavy atom. The quantitative estimate of drug-likeness (QED) is 0.789. The number of ketones is 1. The fourth-order valence-corrected chi connectivity index (χ4v) is 1.99. The normalized spacial score (nSPS) is 19.2. The highest BCUT2D eigenvalue weighted by atomic mass is 16.3. The number of carbonyl (C=O) groups excluding carboxylic acids is 1. The van der Waals surface area contributed by atoms with Crippen LogP contribution >= 0.6 is 0 Å². The Hall–Kier alpha value is -1.15. The number of benzene rings is 1. The van der Waals surface area contributed by atoms with Crippen molar-refractivity contribution in [1.29, 1.82) is 0 Å². The number of rotatable bonds is 4. The lowest BCUT2D eigenvalue weighted by Gasteiger charge is -2.21. The van der Waals surface area contributed by atoms with Crippen molar-refractivity contribution in [2.75, 3.05) is 0 Å². The summed E-state index contributed by atoms with van der Waals surface area (Å²) in [7, 11) is 0. The van der Waals surface area contributed by atoms with Crippen LogP contribution in [0.2, 0.25) is 0 Å². The van der Waals surface area contributed by atoms with Crippen LogP contribution in [0.1, 0.15) is 42.1 Å². The van der Waals surface area contributed by atoms with Crippen molar-refractivity contribution in [1.82, 2.24) is 0 Å². The predicted octanol–water partition coefficient (Wildman–Crippen LogP) is 2.73. The molecule has 2 heteroatoms. The molecule has 1 aliphatic carbocycles. The lowest BCUT2D eigenvalue weighted by Crippen LogP contribution is -2.35. The van der Waals surface area contributed by atoms with E-state index in [9.17, 15) is 9.90 Å². The minimum absolute atomic E-state index is 0.153. The maximum absolute atomic E-state index is 12.1. The average molecular weight is 218 g/mol. The van der Waals surface area contributed by atoms with Gasteiger partial charge in [-0.15, -0.1) is 0 Å². The zero-order valence-electron chi connectivity index (χ0n) is 9.86. The number of aliphatic hydroxyl groups is 1. The van der Waals surface area contributed by atoms with Gasteiger partial charge >= 0.3 is 0 Å². The third-order valence-corrected chi connectivity index (χ3v) is 3.19. The maximum atomic E-state index is 12.1. The molecule has 1 aromatic rings. The van der Waals surface area contributed by atoms with Crippen molar-refractivity contribution in [2.24, 2.45) is 5.92 Å². The van der Waals surface area contributed by atoms with Crippen LogP contribution in [0.15, 0.2) is 24.3 Å². The van der Waals surface area contributed by atoms with Gasteiger partial charge in [-0.05, 0) is 26.2 Å². The predicted molar refractivity (Wildman–Crippen MR) is 63.5 cm³/mol. The molecule has 2 rings (SSSR count). The first-order chi connectivity index (χ1) is 7.49. The number of Topliss-reactive ketones (excluding diaryl/α,β-unsaturated/α-hetero) is 1. The Labute approximate surface area is 96.3 Å². The number of carbonyl (C=O) groups is 1. The SMILES string of the molecule is Cc1ccc(C(=O)C(C)(O)CC2CC2)cc1. The van der Waals surface area contributed by atoms with Gasteiger partial charge in [0.15, 0.2) is 5.78 Å². The highest BCUT2D eigenvalue weighted by Crippen LogP contribution is 2.37. The van der Waals surface area contributed by atoms with E-state index >= 15 is 0 Å². The molecule has 0 radical (unpaired) electrons. The summed E-state index contributed by atoms with van der Waals surface area (Å²) >= 11 is 0. The van der Waals surface area contributed by atoms with E-state index in [1.165, 1.54) is 0 Å². The first-order valence-electron chi connectivity index (χ1n) is 5.83. The van der Waals surface area contributed by atoms with Crippen molar-refractivity contribution in [3.05, 3.63) is 35.4 Å². The number of aryl methyl sites for hydroxylation is 1. The van der Waals surface area contributed by atoms with Gasteiger partial charge in [0.25, 0.3) is 0 Å². The minimum Gasteiger partial charge on any atom is -0.382 e. The van der Waals surface area contributed by atoms with E-state index in [1.807, 2.05) is 19.1 Å². The van der Waals surface area contributed by atoms with Gasteiger partial charge in [0.05, 0.1) is 0 Å². The summed E-state index contributed by atoms with van der Waals surface area (Å²) < 4.78 is 0. The molecule has 0 aliphatic heterocycles. The number of hydrogen-bond donors (Lipinski definition) is 1. The summed E-state index contributed by atoms with van der Waals surface area (Å²) in [6, 6.07) is 7.39. The molecule has 1 atom stereocenters. The summed E-state index contributed by atoms with van der Waals surface area (Å²) in [6.07, 6.45) is 2.90. The molecular formula is C14H18O2. The van der Waals surface area contributed by atoms with Gasteiger partial charge in [0.1, 0.15) is 5.60 Å². The second kappa shape index (κ2) is 4.02. The van der Waals surface area contributed by atoms with Gasteiger partial charge in [0, 0.05) is 5.56 Å². The molecule has 0 aromatic heterocycles. The van der Waals surface area contributed by atoms with Gasteiger partial charge in [-0.2, -0.15) is 0 Å². The Balaban J connectivity index is 2.13. The first-order valence-corrected chi connectivity index (χ1v) is 5.83. The summed E-state index contributed by atoms with van der Waals surface area (Å²) in [6.45, 7) is 3.62. The average Bonchev–Trinajstić information content (AvgIpc) is 3.01. The van der Waals surface area contributed by atoms with E-state index in [0.29, 0.717) is 17.9 Å². The fraction of sp³-hybridized carbons (Fsp3) is 0.500. The standard InChI is InChI=1S/C14H18O2/c1-10-3-7-12(8-4-10)13(15)14(2,16)9-11-5-6-11/h3-4,7-8,11,16H,5-6,9H2,1-2H3. The zero-order chi connectivity index (χ0) is 11.8. The smallest absolute Gasteiger partial charge is 0.194 e. The van der Waals surface area contributed by atoms with Crippen LogP contribution in [0.5, 0.6) is 0 Å². The summed E-state index contributed by atoms with van der Waals surface area (Å²) in [5, 5.41) is 10.2. The minimum atomic E-state index is -1.20. The number of hydrogen-bond acceptors (Lipinski definition) is 2. The molecule has 16 heavy (non-hydrogen) atoms. The lowest BCUT2D eigenvalue weighted by molar-refractivity contribution is 0.0341. The van der Waals surface area contributed by atoms with Crippen LogP contribution in [0.25, 0.3) is 0 Å². The molecule has 86 valence electrons. The van der Waals surface area contributed by atoms with E-state index < -0.39 is 5.60 Å². The molecule has 1 aliphatic rings. The van der Waals surface area contributed by atoms with Crippen LogP contribution in [0.4, 0.5) is 0 Å². The summed E-state index contributed by atoms with van der Waals surface area (Å²) in [4.78, 5) is 12.1. The first kappa shape index (κ1) is 11.3. The van der Waals surface area contributed by atoms with Gasteiger partial charge < -0.3 is 5.11 Å². The molecule has 0 bridgehead atoms. The van der Waals surface area contributed by atoms with E-state index in [0.717, 1.165) is 18.4 Å². The fourth-order valence-electron chi connectivity index (χ4n) is 1.99. The molecule has 1 aromatic carbocycles. The largest absolute Gasteiger partial charge is 0.382 e. The molecule has 0 spiro atoms. The topological polar surface area (TPSA) is 37.3 Å². The molecule has 1 unspecified atom stereocenters. The Morgan fingerprint density at radius 2 is 1.94 bits per heavy atom. The van der Waals surface area contributed by atoms with Crippen LogP contribution < -0.4 is 0 Å². The molecule has 1 fully saturated rings. The molecule has 0 heterocycles. The molecule has 0 saturated heterocycles. The summed E-state index contributed by atoms with van der Waals surface area (Å²) in [5.41, 5.74) is 0.533. The highest BCUT2D eigenvalue weighted by molar-refractivity contribution is 6.02. The van der Waals surface area contributed by atoms with Crippen molar-refractivity contribution in [2.45, 2.75) is 38.7 Å². The van der Waals surface area contributed by atoms with Crippen molar-refractivity contribution < 1.29 is 9.90 Å². The van der Waals surface area contributed by atoms with Crippen molar-refractivity contribution in [3.8, 4) is 0 Å². The van der Waals surface area contributed by atoms with Gasteiger partial charge in [-0.3, -0.25) is 4.79 Å². The van der Waals surface area contributed by atoms with Crippen LogP contribution in [0.3, 0.4) is 0 Å². The van der Waals surface area contributed by atoms with Gasteiger partial charge in [-0.1, -0.05) is 42.7 Å². The van der Waals surface area contributed by atoms with E-state index in [4.69, 9.17) is 0 Å².